The van der Waals surface area contributed by atoms with E-state index in [2.05, 4.69) is 10.4 Å². The Labute approximate surface area is 177 Å². The van der Waals surface area contributed by atoms with Crippen molar-refractivity contribution in [3.63, 3.8) is 0 Å². The van der Waals surface area contributed by atoms with Crippen molar-refractivity contribution in [2.24, 2.45) is 7.05 Å². The molecule has 1 aromatic heterocycles. The average Bonchev–Trinajstić information content (AvgIpc) is 2.94. The molecular formula is C22H26N4O3S. The topological polar surface area (TPSA) is 84.3 Å². The molecule has 0 saturated heterocycles. The van der Waals surface area contributed by atoms with Crippen LogP contribution in [0.3, 0.4) is 0 Å². The van der Waals surface area contributed by atoms with E-state index in [-0.39, 0.29) is 11.4 Å². The highest BCUT2D eigenvalue weighted by atomic mass is 32.2. The highest BCUT2D eigenvalue weighted by Gasteiger charge is 2.32. The molecule has 0 bridgehead atoms. The van der Waals surface area contributed by atoms with Gasteiger partial charge < -0.3 is 5.32 Å². The zero-order valence-electron chi connectivity index (χ0n) is 17.8. The highest BCUT2D eigenvalue weighted by Crippen LogP contribution is 2.28. The number of hydrogen-bond donors (Lipinski definition) is 1. The van der Waals surface area contributed by atoms with Crippen LogP contribution in [-0.2, 0) is 21.9 Å². The van der Waals surface area contributed by atoms with E-state index in [1.807, 2.05) is 38.1 Å². The van der Waals surface area contributed by atoms with Gasteiger partial charge in [-0.25, -0.2) is 8.42 Å². The lowest BCUT2D eigenvalue weighted by atomic mass is 10.2. The van der Waals surface area contributed by atoms with Gasteiger partial charge in [0.1, 0.15) is 11.4 Å². The maximum atomic E-state index is 13.6. The molecule has 0 radical (unpaired) electrons. The van der Waals surface area contributed by atoms with Gasteiger partial charge in [-0.3, -0.25) is 13.8 Å². The number of sulfonamides is 1. The van der Waals surface area contributed by atoms with Crippen LogP contribution in [0.15, 0.2) is 53.4 Å². The van der Waals surface area contributed by atoms with Gasteiger partial charge >= 0.3 is 0 Å². The minimum Gasteiger partial charge on any atom is -0.325 e. The van der Waals surface area contributed by atoms with Gasteiger partial charge in [0, 0.05) is 12.7 Å². The molecule has 8 heteroatoms. The summed E-state index contributed by atoms with van der Waals surface area (Å²) in [6.45, 7) is 6.87. The second-order valence-corrected chi connectivity index (χ2v) is 9.18. The van der Waals surface area contributed by atoms with Crippen LogP contribution >= 0.6 is 0 Å². The molecule has 0 saturated carbocycles. The van der Waals surface area contributed by atoms with E-state index < -0.39 is 15.9 Å². The van der Waals surface area contributed by atoms with Gasteiger partial charge in [0.05, 0.1) is 17.1 Å². The summed E-state index contributed by atoms with van der Waals surface area (Å²) in [6, 6.07) is 14.4. The molecule has 7 nitrogen and oxygen atoms in total. The van der Waals surface area contributed by atoms with Crippen molar-refractivity contribution >= 4 is 27.3 Å². The molecule has 0 spiro atoms. The Bertz CT molecular complexity index is 1160. The van der Waals surface area contributed by atoms with E-state index in [4.69, 9.17) is 0 Å². The van der Waals surface area contributed by atoms with E-state index in [1.54, 1.807) is 45.2 Å². The number of nitrogens with one attached hydrogen (secondary N) is 1. The number of hydrogen-bond acceptors (Lipinski definition) is 4. The van der Waals surface area contributed by atoms with Gasteiger partial charge in [0.25, 0.3) is 10.0 Å². The number of aromatic nitrogens is 2. The van der Waals surface area contributed by atoms with Gasteiger partial charge in [-0.15, -0.1) is 0 Å². The number of carbonyl (C=O) groups excluding carboxylic acids is 1. The zero-order chi connectivity index (χ0) is 22.1. The van der Waals surface area contributed by atoms with Gasteiger partial charge in [-0.05, 0) is 52.0 Å². The number of anilines is 2. The summed E-state index contributed by atoms with van der Waals surface area (Å²) < 4.78 is 29.9. The fourth-order valence-electron chi connectivity index (χ4n) is 3.23. The molecule has 1 amide bonds. The van der Waals surface area contributed by atoms with Crippen molar-refractivity contribution in [3.8, 4) is 0 Å². The summed E-state index contributed by atoms with van der Waals surface area (Å²) in [4.78, 5) is 12.9. The fraction of sp³-hybridized carbons (Fsp3) is 0.273. The minimum absolute atomic E-state index is 0.119. The molecule has 3 rings (SSSR count). The molecule has 30 heavy (non-hydrogen) atoms. The second-order valence-electron chi connectivity index (χ2n) is 7.38. The first-order valence-electron chi connectivity index (χ1n) is 9.55. The molecular weight excluding hydrogens is 400 g/mol. The normalized spacial score (nSPS) is 11.4. The first kappa shape index (κ1) is 21.6. The lowest BCUT2D eigenvalue weighted by molar-refractivity contribution is -0.114. The maximum absolute atomic E-state index is 13.6. The Morgan fingerprint density at radius 3 is 2.00 bits per heavy atom. The van der Waals surface area contributed by atoms with Crippen LogP contribution in [0.5, 0.6) is 0 Å². The molecule has 0 aliphatic rings. The van der Waals surface area contributed by atoms with Crippen LogP contribution in [-0.4, -0.2) is 30.7 Å². The Kier molecular flexibility index (Phi) is 5.98. The van der Waals surface area contributed by atoms with Gasteiger partial charge in [-0.1, -0.05) is 35.4 Å². The quantitative estimate of drug-likeness (QED) is 0.654. The van der Waals surface area contributed by atoms with E-state index >= 15 is 0 Å². The first-order chi connectivity index (χ1) is 14.1. The highest BCUT2D eigenvalue weighted by molar-refractivity contribution is 7.93. The van der Waals surface area contributed by atoms with Crippen LogP contribution in [0.1, 0.15) is 22.5 Å². The van der Waals surface area contributed by atoms with E-state index in [1.165, 1.54) is 4.68 Å². The standard InChI is InChI=1S/C22H26N4O3S/c1-15-6-10-19(11-7-15)23-21(27)14-26(20-12-8-16(2)9-13-20)30(28,29)22-17(3)24-25(5)18(22)4/h6-13H,14H2,1-5H3,(H,23,27). The number of nitrogens with zero attached hydrogens (tertiary/aromatic N) is 3. The summed E-state index contributed by atoms with van der Waals surface area (Å²) in [5.74, 6) is -0.429. The van der Waals surface area contributed by atoms with Crippen molar-refractivity contribution in [1.29, 1.82) is 0 Å². The molecule has 0 unspecified atom stereocenters. The van der Waals surface area contributed by atoms with Gasteiger partial charge in [0.2, 0.25) is 5.91 Å². The summed E-state index contributed by atoms with van der Waals surface area (Å²) >= 11 is 0. The lowest BCUT2D eigenvalue weighted by Gasteiger charge is -2.24. The van der Waals surface area contributed by atoms with Gasteiger partial charge in [-0.2, -0.15) is 5.10 Å². The van der Waals surface area contributed by atoms with Crippen LogP contribution in [0.2, 0.25) is 0 Å². The Hall–Kier alpha value is -3.13. The molecule has 158 valence electrons. The number of aryl methyl sites for hydroxylation is 4. The molecule has 0 fully saturated rings. The molecule has 0 aliphatic carbocycles. The van der Waals surface area contributed by atoms with Crippen molar-refractivity contribution < 1.29 is 13.2 Å². The zero-order valence-corrected chi connectivity index (χ0v) is 18.6. The minimum atomic E-state index is -4.01. The van der Waals surface area contributed by atoms with Gasteiger partial charge in [0.15, 0.2) is 0 Å². The average molecular weight is 427 g/mol. The molecule has 0 aliphatic heterocycles. The van der Waals surface area contributed by atoms with Crippen LogP contribution in [0.25, 0.3) is 0 Å². The van der Waals surface area contributed by atoms with E-state index in [9.17, 15) is 13.2 Å². The third-order valence-electron chi connectivity index (χ3n) is 4.94. The molecule has 2 aromatic carbocycles. The lowest BCUT2D eigenvalue weighted by Crippen LogP contribution is -2.38. The van der Waals surface area contributed by atoms with Crippen LogP contribution < -0.4 is 9.62 Å². The third-order valence-corrected chi connectivity index (χ3v) is 6.96. The third kappa shape index (κ3) is 4.38. The number of rotatable bonds is 6. The predicted molar refractivity (Wildman–Crippen MR) is 118 cm³/mol. The number of benzene rings is 2. The summed E-state index contributed by atoms with van der Waals surface area (Å²) in [5, 5.41) is 7.01. The SMILES string of the molecule is Cc1ccc(NC(=O)CN(c2ccc(C)cc2)S(=O)(=O)c2c(C)nn(C)c2C)cc1. The number of carbonyl (C=O) groups is 1. The van der Waals surface area contributed by atoms with E-state index in [0.717, 1.165) is 15.4 Å². The first-order valence-corrected chi connectivity index (χ1v) is 11.0. The Morgan fingerprint density at radius 1 is 0.967 bits per heavy atom. The van der Waals surface area contributed by atoms with Crippen molar-refractivity contribution in [2.75, 3.05) is 16.2 Å². The summed E-state index contributed by atoms with van der Waals surface area (Å²) in [6.07, 6.45) is 0. The molecule has 0 atom stereocenters. The largest absolute Gasteiger partial charge is 0.325 e. The number of amides is 1. The Morgan fingerprint density at radius 2 is 1.50 bits per heavy atom. The molecule has 3 aromatic rings. The smallest absolute Gasteiger partial charge is 0.268 e. The molecule has 1 N–H and O–H groups in total. The second kappa shape index (κ2) is 8.31. The monoisotopic (exact) mass is 426 g/mol. The summed E-state index contributed by atoms with van der Waals surface area (Å²) in [7, 11) is -2.32. The van der Waals surface area contributed by atoms with Crippen molar-refractivity contribution in [3.05, 3.63) is 71.0 Å². The maximum Gasteiger partial charge on any atom is 0.268 e. The Balaban J connectivity index is 1.99. The molecule has 1 heterocycles. The van der Waals surface area contributed by atoms with Crippen molar-refractivity contribution in [1.82, 2.24) is 9.78 Å². The van der Waals surface area contributed by atoms with Crippen LogP contribution in [0.4, 0.5) is 11.4 Å². The summed E-state index contributed by atoms with van der Waals surface area (Å²) in [5.41, 5.74) is 4.01. The van der Waals surface area contributed by atoms with Crippen LogP contribution in [0, 0.1) is 27.7 Å². The predicted octanol–water partition coefficient (Wildman–Crippen LogP) is 3.49. The fourth-order valence-corrected chi connectivity index (χ4v) is 5.06. The van der Waals surface area contributed by atoms with Crippen molar-refractivity contribution in [2.45, 2.75) is 32.6 Å². The van der Waals surface area contributed by atoms with E-state index in [0.29, 0.717) is 22.8 Å².